The molecule has 0 unspecified atom stereocenters. The van der Waals surface area contributed by atoms with Crippen molar-refractivity contribution in [1.82, 2.24) is 0 Å². The highest BCUT2D eigenvalue weighted by molar-refractivity contribution is 5.43. The summed E-state index contributed by atoms with van der Waals surface area (Å²) in [5.74, 6) is 1.03. The highest BCUT2D eigenvalue weighted by Gasteiger charge is 2.24. The van der Waals surface area contributed by atoms with Gasteiger partial charge in [0.2, 0.25) is 0 Å². The molecule has 0 spiro atoms. The Bertz CT molecular complexity index is 364. The van der Waals surface area contributed by atoms with E-state index >= 15 is 0 Å². The maximum atomic E-state index is 10.1. The van der Waals surface area contributed by atoms with E-state index in [1.54, 1.807) is 0 Å². The molecule has 17 heavy (non-hydrogen) atoms. The van der Waals surface area contributed by atoms with Crippen molar-refractivity contribution in [2.24, 2.45) is 5.92 Å². The van der Waals surface area contributed by atoms with Gasteiger partial charge in [-0.25, -0.2) is 0 Å². The van der Waals surface area contributed by atoms with Crippen LogP contribution in [0.1, 0.15) is 58.6 Å². The van der Waals surface area contributed by atoms with E-state index in [1.807, 2.05) is 12.1 Å². The second kappa shape index (κ2) is 5.57. The highest BCUT2D eigenvalue weighted by Crippen LogP contribution is 2.35. The molecule has 0 bridgehead atoms. The van der Waals surface area contributed by atoms with E-state index in [0.29, 0.717) is 11.7 Å². The van der Waals surface area contributed by atoms with E-state index in [0.717, 1.165) is 18.4 Å². The minimum absolute atomic E-state index is 0.151. The van der Waals surface area contributed by atoms with Gasteiger partial charge in [0.05, 0.1) is 0 Å². The lowest BCUT2D eigenvalue weighted by Gasteiger charge is -2.28. The molecular formula is C16H26O. The van der Waals surface area contributed by atoms with E-state index < -0.39 is 0 Å². The Morgan fingerprint density at radius 1 is 1.24 bits per heavy atom. The molecular weight excluding hydrogens is 208 g/mol. The number of aromatic hydroxyl groups is 1. The molecule has 0 amide bonds. The van der Waals surface area contributed by atoms with Crippen LogP contribution >= 0.6 is 0 Å². The zero-order chi connectivity index (χ0) is 13.1. The summed E-state index contributed by atoms with van der Waals surface area (Å²) in [7, 11) is 0. The average molecular weight is 234 g/mol. The molecule has 0 aliphatic rings. The van der Waals surface area contributed by atoms with Gasteiger partial charge in [0, 0.05) is 0 Å². The molecule has 0 heterocycles. The maximum Gasteiger partial charge on any atom is 0.119 e. The SMILES string of the molecule is CCCC(C)(C)c1cccc(O)c1CC(C)C. The van der Waals surface area contributed by atoms with Gasteiger partial charge in [0.1, 0.15) is 5.75 Å². The summed E-state index contributed by atoms with van der Waals surface area (Å²) in [6.07, 6.45) is 3.28. The average Bonchev–Trinajstić information content (AvgIpc) is 2.20. The van der Waals surface area contributed by atoms with E-state index in [9.17, 15) is 5.11 Å². The molecule has 1 aromatic rings. The van der Waals surface area contributed by atoms with Crippen LogP contribution in [0, 0.1) is 5.92 Å². The molecule has 0 fully saturated rings. The number of phenolic OH excluding ortho intramolecular Hbond substituents is 1. The van der Waals surface area contributed by atoms with Crippen molar-refractivity contribution in [1.29, 1.82) is 0 Å². The molecule has 0 radical (unpaired) electrons. The Balaban J connectivity index is 3.18. The summed E-state index contributed by atoms with van der Waals surface area (Å²) >= 11 is 0. The van der Waals surface area contributed by atoms with Gasteiger partial charge in [0.15, 0.2) is 0 Å². The lowest BCUT2D eigenvalue weighted by atomic mass is 9.77. The van der Waals surface area contributed by atoms with Gasteiger partial charge >= 0.3 is 0 Å². The molecule has 0 atom stereocenters. The standard InChI is InChI=1S/C16H26O/c1-6-10-16(4,5)14-8-7-9-15(17)13(14)11-12(2)3/h7-9,12,17H,6,10-11H2,1-5H3. The van der Waals surface area contributed by atoms with Crippen LogP contribution in [0.25, 0.3) is 0 Å². The monoisotopic (exact) mass is 234 g/mol. The first kappa shape index (κ1) is 14.1. The molecule has 0 saturated heterocycles. The second-order valence-electron chi connectivity index (χ2n) is 6.04. The van der Waals surface area contributed by atoms with Crippen LogP contribution in [0.4, 0.5) is 0 Å². The summed E-state index contributed by atoms with van der Waals surface area (Å²) < 4.78 is 0. The van der Waals surface area contributed by atoms with Crippen molar-refractivity contribution in [3.8, 4) is 5.75 Å². The van der Waals surface area contributed by atoms with E-state index in [4.69, 9.17) is 0 Å². The van der Waals surface area contributed by atoms with Crippen LogP contribution in [-0.2, 0) is 11.8 Å². The van der Waals surface area contributed by atoms with Crippen molar-refractivity contribution in [3.05, 3.63) is 29.3 Å². The first-order valence-corrected chi connectivity index (χ1v) is 6.69. The first-order valence-electron chi connectivity index (χ1n) is 6.69. The van der Waals surface area contributed by atoms with Gasteiger partial charge in [-0.3, -0.25) is 0 Å². The summed E-state index contributed by atoms with van der Waals surface area (Å²) in [5, 5.41) is 10.1. The Kier molecular flexibility index (Phi) is 4.62. The second-order valence-corrected chi connectivity index (χ2v) is 6.04. The first-order chi connectivity index (χ1) is 7.88. The Labute approximate surface area is 106 Å². The molecule has 96 valence electrons. The zero-order valence-electron chi connectivity index (χ0n) is 11.9. The molecule has 0 aliphatic carbocycles. The smallest absolute Gasteiger partial charge is 0.119 e. The Morgan fingerprint density at radius 2 is 1.88 bits per heavy atom. The van der Waals surface area contributed by atoms with Crippen LogP contribution in [-0.4, -0.2) is 5.11 Å². The van der Waals surface area contributed by atoms with Crippen LogP contribution < -0.4 is 0 Å². The summed E-state index contributed by atoms with van der Waals surface area (Å²) in [4.78, 5) is 0. The molecule has 1 aromatic carbocycles. The van der Waals surface area contributed by atoms with Gasteiger partial charge in [-0.1, -0.05) is 53.2 Å². The van der Waals surface area contributed by atoms with Gasteiger partial charge in [-0.15, -0.1) is 0 Å². The summed E-state index contributed by atoms with van der Waals surface area (Å²) in [6, 6.07) is 5.95. The van der Waals surface area contributed by atoms with Gasteiger partial charge in [0.25, 0.3) is 0 Å². The fraction of sp³-hybridized carbons (Fsp3) is 0.625. The van der Waals surface area contributed by atoms with Crippen molar-refractivity contribution >= 4 is 0 Å². The van der Waals surface area contributed by atoms with Gasteiger partial charge in [-0.05, 0) is 41.4 Å². The molecule has 0 aliphatic heterocycles. The maximum absolute atomic E-state index is 10.1. The Morgan fingerprint density at radius 3 is 2.41 bits per heavy atom. The van der Waals surface area contributed by atoms with Crippen molar-refractivity contribution in [2.45, 2.75) is 59.3 Å². The van der Waals surface area contributed by atoms with Crippen molar-refractivity contribution < 1.29 is 5.11 Å². The molecule has 1 heteroatoms. The minimum Gasteiger partial charge on any atom is -0.508 e. The van der Waals surface area contributed by atoms with Crippen molar-refractivity contribution in [3.63, 3.8) is 0 Å². The quantitative estimate of drug-likeness (QED) is 0.785. The number of rotatable bonds is 5. The third-order valence-corrected chi connectivity index (χ3v) is 3.37. The highest BCUT2D eigenvalue weighted by atomic mass is 16.3. The van der Waals surface area contributed by atoms with Gasteiger partial charge < -0.3 is 5.11 Å². The summed E-state index contributed by atoms with van der Waals surface area (Å²) in [6.45, 7) is 11.2. The number of benzene rings is 1. The number of hydrogen-bond donors (Lipinski definition) is 1. The predicted molar refractivity (Wildman–Crippen MR) is 74.6 cm³/mol. The lowest BCUT2D eigenvalue weighted by molar-refractivity contribution is 0.437. The zero-order valence-corrected chi connectivity index (χ0v) is 11.9. The van der Waals surface area contributed by atoms with Crippen molar-refractivity contribution in [2.75, 3.05) is 0 Å². The van der Waals surface area contributed by atoms with Crippen LogP contribution in [0.15, 0.2) is 18.2 Å². The molecule has 0 saturated carbocycles. The third kappa shape index (κ3) is 3.49. The summed E-state index contributed by atoms with van der Waals surface area (Å²) in [5.41, 5.74) is 2.60. The predicted octanol–water partition coefficient (Wildman–Crippen LogP) is 4.67. The van der Waals surface area contributed by atoms with E-state index in [1.165, 1.54) is 12.0 Å². The molecule has 0 aromatic heterocycles. The minimum atomic E-state index is 0.151. The number of hydrogen-bond acceptors (Lipinski definition) is 1. The lowest BCUT2D eigenvalue weighted by Crippen LogP contribution is -2.19. The number of phenols is 1. The molecule has 1 rings (SSSR count). The van der Waals surface area contributed by atoms with E-state index in [2.05, 4.69) is 40.7 Å². The third-order valence-electron chi connectivity index (χ3n) is 3.37. The normalized spacial score (nSPS) is 12.1. The Hall–Kier alpha value is -0.980. The molecule has 1 N–H and O–H groups in total. The fourth-order valence-corrected chi connectivity index (χ4v) is 2.59. The van der Waals surface area contributed by atoms with E-state index in [-0.39, 0.29) is 5.41 Å². The van der Waals surface area contributed by atoms with Crippen LogP contribution in [0.2, 0.25) is 0 Å². The largest absolute Gasteiger partial charge is 0.508 e. The van der Waals surface area contributed by atoms with Crippen LogP contribution in [0.5, 0.6) is 5.75 Å². The fourth-order valence-electron chi connectivity index (χ4n) is 2.59. The molecule has 1 nitrogen and oxygen atoms in total. The topological polar surface area (TPSA) is 20.2 Å². The van der Waals surface area contributed by atoms with Crippen LogP contribution in [0.3, 0.4) is 0 Å². The van der Waals surface area contributed by atoms with Gasteiger partial charge in [-0.2, -0.15) is 0 Å².